The van der Waals surface area contributed by atoms with E-state index in [1.807, 2.05) is 0 Å². The van der Waals surface area contributed by atoms with E-state index in [-0.39, 0.29) is 29.4 Å². The van der Waals surface area contributed by atoms with Crippen molar-refractivity contribution in [2.75, 3.05) is 26.2 Å². The molecule has 0 saturated carbocycles. The highest BCUT2D eigenvalue weighted by molar-refractivity contribution is 7.87. The molecule has 0 radical (unpaired) electrons. The van der Waals surface area contributed by atoms with E-state index in [0.29, 0.717) is 44.8 Å². The summed E-state index contributed by atoms with van der Waals surface area (Å²) in [6.45, 7) is 0.000554. The molecule has 4 heterocycles. The zero-order chi connectivity index (χ0) is 37.3. The number of nitrogens with zero attached hydrogens (tertiary/aromatic N) is 4. The molecule has 0 unspecified atom stereocenters. The van der Waals surface area contributed by atoms with E-state index in [1.165, 1.54) is 34.2 Å². The molecule has 2 saturated heterocycles. The Balaban J connectivity index is 1.42. The summed E-state index contributed by atoms with van der Waals surface area (Å²) in [6, 6.07) is 12.4. The Labute approximate surface area is 310 Å². The van der Waals surface area contributed by atoms with Crippen molar-refractivity contribution in [2.45, 2.75) is 50.7 Å². The molecule has 18 heteroatoms. The van der Waals surface area contributed by atoms with Crippen LogP contribution >= 0.6 is 34.5 Å². The third kappa shape index (κ3) is 8.96. The standard InChI is InChI=1S/C34H31Cl2F5N6O3S2/c35-24-9-12-28(27(36)20-24)47-31(29-13-11-25(51-29)10-6-22-4-7-23(8-5-22)34(39,40)41)26(30(43-47)32(48)44-45-16-2-1-3-17-45)21-42-52(49,50)46-18-14-33(37,38)15-19-46/h4-5,7-9,11-13,20,42H,1-3,14-19,21H2,(H,44,48). The Morgan fingerprint density at radius 3 is 2.29 bits per heavy atom. The molecule has 276 valence electrons. The molecule has 2 aromatic heterocycles. The topological polar surface area (TPSA) is 99.6 Å². The second-order valence-corrected chi connectivity index (χ2v) is 15.9. The van der Waals surface area contributed by atoms with Crippen LogP contribution in [0.2, 0.25) is 10.0 Å². The van der Waals surface area contributed by atoms with Gasteiger partial charge in [0.05, 0.1) is 31.7 Å². The maximum atomic E-state index is 13.9. The number of rotatable bonds is 8. The Kier molecular flexibility index (Phi) is 11.3. The summed E-state index contributed by atoms with van der Waals surface area (Å²) in [5.41, 5.74) is 3.12. The van der Waals surface area contributed by atoms with E-state index < -0.39 is 53.2 Å². The summed E-state index contributed by atoms with van der Waals surface area (Å²) in [6.07, 6.45) is -2.98. The monoisotopic (exact) mass is 800 g/mol. The summed E-state index contributed by atoms with van der Waals surface area (Å²) in [7, 11) is -4.28. The predicted octanol–water partition coefficient (Wildman–Crippen LogP) is 7.52. The summed E-state index contributed by atoms with van der Waals surface area (Å²) in [5.74, 6) is 2.23. The van der Waals surface area contributed by atoms with Crippen LogP contribution in [-0.2, 0) is 22.9 Å². The van der Waals surface area contributed by atoms with Crippen molar-refractivity contribution in [3.05, 3.63) is 91.9 Å². The van der Waals surface area contributed by atoms with Crippen LogP contribution in [0.15, 0.2) is 54.6 Å². The van der Waals surface area contributed by atoms with Gasteiger partial charge < -0.3 is 0 Å². The zero-order valence-corrected chi connectivity index (χ0v) is 30.4. The number of amides is 1. The van der Waals surface area contributed by atoms with Crippen LogP contribution in [-0.4, -0.2) is 65.5 Å². The molecule has 52 heavy (non-hydrogen) atoms. The van der Waals surface area contributed by atoms with Crippen LogP contribution in [0.5, 0.6) is 0 Å². The number of nitrogens with one attached hydrogen (secondary N) is 2. The molecule has 2 N–H and O–H groups in total. The van der Waals surface area contributed by atoms with Gasteiger partial charge in [-0.05, 0) is 67.4 Å². The molecule has 0 aliphatic carbocycles. The van der Waals surface area contributed by atoms with E-state index in [1.54, 1.807) is 29.3 Å². The van der Waals surface area contributed by atoms with Crippen molar-refractivity contribution in [1.82, 2.24) is 29.2 Å². The summed E-state index contributed by atoms with van der Waals surface area (Å²) < 4.78 is 98.4. The maximum absolute atomic E-state index is 13.9. The van der Waals surface area contributed by atoms with Gasteiger partial charge in [-0.2, -0.15) is 35.7 Å². The molecule has 0 atom stereocenters. The Hall–Kier alpha value is -3.56. The molecule has 9 nitrogen and oxygen atoms in total. The number of alkyl halides is 5. The van der Waals surface area contributed by atoms with E-state index in [9.17, 15) is 35.2 Å². The van der Waals surface area contributed by atoms with Gasteiger partial charge in [0.25, 0.3) is 22.0 Å². The van der Waals surface area contributed by atoms with Crippen LogP contribution < -0.4 is 10.1 Å². The summed E-state index contributed by atoms with van der Waals surface area (Å²) in [4.78, 5) is 14.9. The van der Waals surface area contributed by atoms with Crippen LogP contribution in [0.25, 0.3) is 16.3 Å². The minimum atomic E-state index is -4.48. The highest BCUT2D eigenvalue weighted by Gasteiger charge is 2.38. The highest BCUT2D eigenvalue weighted by atomic mass is 35.5. The number of piperidine rings is 2. The lowest BCUT2D eigenvalue weighted by atomic mass is 10.1. The highest BCUT2D eigenvalue weighted by Crippen LogP contribution is 2.37. The molecule has 6 rings (SSSR count). The normalized spacial score (nSPS) is 17.1. The van der Waals surface area contributed by atoms with Gasteiger partial charge in [0.15, 0.2) is 5.69 Å². The molecule has 2 aliphatic rings. The predicted molar refractivity (Wildman–Crippen MR) is 189 cm³/mol. The third-order valence-electron chi connectivity index (χ3n) is 8.56. The number of hydrogen-bond donors (Lipinski definition) is 2. The lowest BCUT2D eigenvalue weighted by Gasteiger charge is -2.30. The summed E-state index contributed by atoms with van der Waals surface area (Å²) in [5, 5.41) is 6.94. The molecule has 0 bridgehead atoms. The van der Waals surface area contributed by atoms with Gasteiger partial charge in [-0.3, -0.25) is 10.2 Å². The van der Waals surface area contributed by atoms with Crippen LogP contribution in [0.1, 0.15) is 64.2 Å². The SMILES string of the molecule is O=C(NN1CCCCC1)c1nn(-c2ccc(Cl)cc2Cl)c(-c2ccc(C#Cc3ccc(C(F)(F)F)cc3)s2)c1CNS(=O)(=O)N1CCC(F)(F)CC1. The van der Waals surface area contributed by atoms with Crippen molar-refractivity contribution in [3.63, 3.8) is 0 Å². The molecular formula is C34H31Cl2F5N6O3S2. The molecule has 2 aromatic carbocycles. The number of benzene rings is 2. The molecule has 2 fully saturated rings. The van der Waals surface area contributed by atoms with E-state index in [0.717, 1.165) is 35.7 Å². The van der Waals surface area contributed by atoms with Crippen molar-refractivity contribution >= 4 is 50.7 Å². The first-order valence-electron chi connectivity index (χ1n) is 16.1. The minimum absolute atomic E-state index is 0.106. The Bertz CT molecular complexity index is 2110. The second kappa shape index (κ2) is 15.4. The Morgan fingerprint density at radius 1 is 0.942 bits per heavy atom. The first-order valence-corrected chi connectivity index (χ1v) is 19.2. The lowest BCUT2D eigenvalue weighted by molar-refractivity contribution is -0.137. The number of aromatic nitrogens is 2. The number of hydrazine groups is 1. The van der Waals surface area contributed by atoms with Crippen molar-refractivity contribution < 1.29 is 35.2 Å². The van der Waals surface area contributed by atoms with Crippen LogP contribution in [0.4, 0.5) is 22.0 Å². The average molecular weight is 802 g/mol. The largest absolute Gasteiger partial charge is 0.416 e. The number of hydrogen-bond acceptors (Lipinski definition) is 6. The number of carbonyl (C=O) groups excluding carboxylic acids is 1. The van der Waals surface area contributed by atoms with Crippen molar-refractivity contribution in [3.8, 4) is 28.1 Å². The number of carbonyl (C=O) groups is 1. The number of thiophene rings is 1. The van der Waals surface area contributed by atoms with Gasteiger partial charge in [0.1, 0.15) is 0 Å². The van der Waals surface area contributed by atoms with Crippen molar-refractivity contribution in [2.24, 2.45) is 0 Å². The van der Waals surface area contributed by atoms with Gasteiger partial charge in [0.2, 0.25) is 0 Å². The van der Waals surface area contributed by atoms with E-state index >= 15 is 0 Å². The second-order valence-electron chi connectivity index (χ2n) is 12.2. The first-order chi connectivity index (χ1) is 24.6. The third-order valence-corrected chi connectivity index (χ3v) is 11.7. The quantitative estimate of drug-likeness (QED) is 0.142. The van der Waals surface area contributed by atoms with Crippen LogP contribution in [0, 0.1) is 11.8 Å². The van der Waals surface area contributed by atoms with Crippen molar-refractivity contribution in [1.29, 1.82) is 0 Å². The molecule has 0 spiro atoms. The average Bonchev–Trinajstić information content (AvgIpc) is 3.71. The van der Waals surface area contributed by atoms with Gasteiger partial charge in [-0.1, -0.05) is 41.5 Å². The fourth-order valence-electron chi connectivity index (χ4n) is 5.80. The smallest absolute Gasteiger partial charge is 0.283 e. The minimum Gasteiger partial charge on any atom is -0.283 e. The van der Waals surface area contributed by atoms with Gasteiger partial charge >= 0.3 is 6.18 Å². The molecule has 4 aromatic rings. The van der Waals surface area contributed by atoms with Gasteiger partial charge in [0, 0.05) is 61.7 Å². The van der Waals surface area contributed by atoms with E-state index in [2.05, 4.69) is 27.1 Å². The molecule has 2 aliphatic heterocycles. The lowest BCUT2D eigenvalue weighted by Crippen LogP contribution is -2.47. The van der Waals surface area contributed by atoms with Gasteiger partial charge in [-0.15, -0.1) is 11.3 Å². The molecule has 1 amide bonds. The molecular weight excluding hydrogens is 770 g/mol. The first kappa shape index (κ1) is 38.2. The zero-order valence-electron chi connectivity index (χ0n) is 27.2. The maximum Gasteiger partial charge on any atom is 0.416 e. The van der Waals surface area contributed by atoms with Gasteiger partial charge in [-0.25, -0.2) is 18.5 Å². The fourth-order valence-corrected chi connectivity index (χ4v) is 8.38. The summed E-state index contributed by atoms with van der Waals surface area (Å²) >= 11 is 14.0. The Morgan fingerprint density at radius 2 is 1.63 bits per heavy atom. The van der Waals surface area contributed by atoms with Crippen LogP contribution in [0.3, 0.4) is 0 Å². The number of halogens is 7. The van der Waals surface area contributed by atoms with E-state index in [4.69, 9.17) is 23.2 Å². The fraction of sp³-hybridized carbons (Fsp3) is 0.353.